The van der Waals surface area contributed by atoms with E-state index in [0.29, 0.717) is 19.6 Å². The normalized spacial score (nSPS) is 10.4. The number of aromatic nitrogens is 2. The van der Waals surface area contributed by atoms with Gasteiger partial charge in [0.1, 0.15) is 0 Å². The van der Waals surface area contributed by atoms with Crippen LogP contribution in [0, 0.1) is 6.92 Å². The van der Waals surface area contributed by atoms with Crippen LogP contribution in [0.15, 0.2) is 67.0 Å². The summed E-state index contributed by atoms with van der Waals surface area (Å²) in [5.41, 5.74) is 4.51. The molecule has 3 aromatic rings. The number of amides is 2. The van der Waals surface area contributed by atoms with Gasteiger partial charge in [-0.2, -0.15) is 5.10 Å². The summed E-state index contributed by atoms with van der Waals surface area (Å²) in [4.78, 5) is 12.1. The zero-order valence-corrected chi connectivity index (χ0v) is 14.3. The third-order valence-electron chi connectivity index (χ3n) is 3.98. The quantitative estimate of drug-likeness (QED) is 0.727. The number of carbonyl (C=O) groups excluding carboxylic acids is 1. The fourth-order valence-corrected chi connectivity index (χ4v) is 2.70. The van der Waals surface area contributed by atoms with Crippen LogP contribution in [0.3, 0.4) is 0 Å². The Morgan fingerprint density at radius 2 is 1.80 bits per heavy atom. The molecule has 128 valence electrons. The summed E-state index contributed by atoms with van der Waals surface area (Å²) in [6, 6.07) is 17.9. The van der Waals surface area contributed by atoms with Gasteiger partial charge in [0.05, 0.1) is 6.54 Å². The fourth-order valence-electron chi connectivity index (χ4n) is 2.70. The van der Waals surface area contributed by atoms with Crippen molar-refractivity contribution in [3.8, 4) is 0 Å². The third kappa shape index (κ3) is 4.94. The number of benzene rings is 2. The molecule has 0 saturated heterocycles. The van der Waals surface area contributed by atoms with Crippen molar-refractivity contribution in [3.05, 3.63) is 89.2 Å². The Kier molecular flexibility index (Phi) is 5.46. The van der Waals surface area contributed by atoms with Gasteiger partial charge in [0.15, 0.2) is 0 Å². The Morgan fingerprint density at radius 3 is 2.56 bits per heavy atom. The molecule has 0 spiro atoms. The van der Waals surface area contributed by atoms with E-state index in [1.807, 2.05) is 60.3 Å². The number of carbonyl (C=O) groups is 1. The van der Waals surface area contributed by atoms with Gasteiger partial charge in [-0.3, -0.25) is 4.68 Å². The molecule has 0 aliphatic rings. The van der Waals surface area contributed by atoms with Crippen LogP contribution in [-0.2, 0) is 19.6 Å². The molecular formula is C20H22N4O. The van der Waals surface area contributed by atoms with Crippen LogP contribution >= 0.6 is 0 Å². The molecule has 0 unspecified atom stereocenters. The van der Waals surface area contributed by atoms with Gasteiger partial charge < -0.3 is 10.6 Å². The van der Waals surface area contributed by atoms with E-state index in [-0.39, 0.29) is 6.03 Å². The largest absolute Gasteiger partial charge is 0.334 e. The fraction of sp³-hybridized carbons (Fsp3) is 0.200. The molecule has 0 fully saturated rings. The highest BCUT2D eigenvalue weighted by Gasteiger charge is 2.05. The summed E-state index contributed by atoms with van der Waals surface area (Å²) in [6.45, 7) is 3.73. The highest BCUT2D eigenvalue weighted by molar-refractivity contribution is 5.73. The van der Waals surface area contributed by atoms with Crippen molar-refractivity contribution in [3.63, 3.8) is 0 Å². The van der Waals surface area contributed by atoms with Crippen LogP contribution in [0.25, 0.3) is 0 Å². The molecule has 5 nitrogen and oxygen atoms in total. The second-order valence-corrected chi connectivity index (χ2v) is 6.00. The van der Waals surface area contributed by atoms with E-state index in [1.54, 1.807) is 6.20 Å². The number of aryl methyl sites for hydroxylation is 1. The van der Waals surface area contributed by atoms with Gasteiger partial charge in [-0.05, 0) is 29.7 Å². The van der Waals surface area contributed by atoms with Gasteiger partial charge >= 0.3 is 6.03 Å². The zero-order valence-electron chi connectivity index (χ0n) is 14.3. The second kappa shape index (κ2) is 8.15. The standard InChI is InChI=1S/C20H22N4O/c1-16-6-4-7-17(12-16)13-21-20(25)22-14-18-8-2-3-9-19(18)15-24-11-5-10-23-24/h2-12H,13-15H2,1H3,(H2,21,22,25). The third-order valence-corrected chi connectivity index (χ3v) is 3.98. The van der Waals surface area contributed by atoms with Crippen molar-refractivity contribution in [2.45, 2.75) is 26.6 Å². The van der Waals surface area contributed by atoms with Crippen LogP contribution in [0.5, 0.6) is 0 Å². The molecule has 0 atom stereocenters. The SMILES string of the molecule is Cc1cccc(CNC(=O)NCc2ccccc2Cn2cccn2)c1. The second-order valence-electron chi connectivity index (χ2n) is 6.00. The van der Waals surface area contributed by atoms with Gasteiger partial charge in [0, 0.05) is 25.5 Å². The molecule has 0 saturated carbocycles. The van der Waals surface area contributed by atoms with E-state index in [4.69, 9.17) is 0 Å². The Labute approximate surface area is 147 Å². The number of urea groups is 1. The Balaban J connectivity index is 1.53. The van der Waals surface area contributed by atoms with Crippen LogP contribution < -0.4 is 10.6 Å². The van der Waals surface area contributed by atoms with Crippen molar-refractivity contribution in [2.75, 3.05) is 0 Å². The van der Waals surface area contributed by atoms with Crippen molar-refractivity contribution >= 4 is 6.03 Å². The molecule has 0 aliphatic carbocycles. The predicted molar refractivity (Wildman–Crippen MR) is 98.0 cm³/mol. The van der Waals surface area contributed by atoms with E-state index in [1.165, 1.54) is 5.56 Å². The van der Waals surface area contributed by atoms with Gasteiger partial charge in [0.25, 0.3) is 0 Å². The lowest BCUT2D eigenvalue weighted by Gasteiger charge is -2.12. The van der Waals surface area contributed by atoms with Crippen LogP contribution in [-0.4, -0.2) is 15.8 Å². The molecule has 3 rings (SSSR count). The summed E-state index contributed by atoms with van der Waals surface area (Å²) in [5, 5.41) is 10.1. The molecule has 0 bridgehead atoms. The maximum atomic E-state index is 12.1. The summed E-state index contributed by atoms with van der Waals surface area (Å²) in [5.74, 6) is 0. The van der Waals surface area contributed by atoms with E-state index in [0.717, 1.165) is 16.7 Å². The summed E-state index contributed by atoms with van der Waals surface area (Å²) in [7, 11) is 0. The van der Waals surface area contributed by atoms with E-state index in [9.17, 15) is 4.79 Å². The Hall–Kier alpha value is -3.08. The monoisotopic (exact) mass is 334 g/mol. The molecule has 0 aliphatic heterocycles. The minimum Gasteiger partial charge on any atom is -0.334 e. The van der Waals surface area contributed by atoms with Gasteiger partial charge in [-0.1, -0.05) is 54.1 Å². The highest BCUT2D eigenvalue weighted by Crippen LogP contribution is 2.10. The van der Waals surface area contributed by atoms with Gasteiger partial charge in [-0.15, -0.1) is 0 Å². The van der Waals surface area contributed by atoms with Crippen molar-refractivity contribution in [1.82, 2.24) is 20.4 Å². The summed E-state index contributed by atoms with van der Waals surface area (Å²) < 4.78 is 1.87. The van der Waals surface area contributed by atoms with Crippen molar-refractivity contribution in [2.24, 2.45) is 0 Å². The molecule has 2 amide bonds. The predicted octanol–water partition coefficient (Wildman–Crippen LogP) is 3.24. The molecule has 2 N–H and O–H groups in total. The number of hydrogen-bond donors (Lipinski definition) is 2. The summed E-state index contributed by atoms with van der Waals surface area (Å²) >= 11 is 0. The molecule has 25 heavy (non-hydrogen) atoms. The minimum atomic E-state index is -0.171. The molecule has 5 heteroatoms. The maximum Gasteiger partial charge on any atom is 0.315 e. The Morgan fingerprint density at radius 1 is 1.00 bits per heavy atom. The number of nitrogens with one attached hydrogen (secondary N) is 2. The van der Waals surface area contributed by atoms with Crippen molar-refractivity contribution in [1.29, 1.82) is 0 Å². The van der Waals surface area contributed by atoms with E-state index in [2.05, 4.69) is 27.9 Å². The smallest absolute Gasteiger partial charge is 0.315 e. The average Bonchev–Trinajstić information content (AvgIpc) is 3.12. The topological polar surface area (TPSA) is 59.0 Å². The molecule has 2 aromatic carbocycles. The maximum absolute atomic E-state index is 12.1. The van der Waals surface area contributed by atoms with Gasteiger partial charge in [-0.25, -0.2) is 4.79 Å². The highest BCUT2D eigenvalue weighted by atomic mass is 16.2. The molecule has 0 radical (unpaired) electrons. The van der Waals surface area contributed by atoms with E-state index >= 15 is 0 Å². The lowest BCUT2D eigenvalue weighted by molar-refractivity contribution is 0.240. The van der Waals surface area contributed by atoms with Gasteiger partial charge in [0.2, 0.25) is 0 Å². The number of nitrogens with zero attached hydrogens (tertiary/aromatic N) is 2. The zero-order chi connectivity index (χ0) is 17.5. The lowest BCUT2D eigenvalue weighted by Crippen LogP contribution is -2.34. The van der Waals surface area contributed by atoms with E-state index < -0.39 is 0 Å². The number of hydrogen-bond acceptors (Lipinski definition) is 2. The van der Waals surface area contributed by atoms with Crippen molar-refractivity contribution < 1.29 is 4.79 Å². The van der Waals surface area contributed by atoms with Crippen LogP contribution in [0.4, 0.5) is 4.79 Å². The first-order valence-electron chi connectivity index (χ1n) is 8.32. The first-order valence-corrected chi connectivity index (χ1v) is 8.32. The first-order chi connectivity index (χ1) is 12.2. The lowest BCUT2D eigenvalue weighted by atomic mass is 10.1. The summed E-state index contributed by atoms with van der Waals surface area (Å²) in [6.07, 6.45) is 3.69. The molecule has 1 heterocycles. The van der Waals surface area contributed by atoms with Crippen LogP contribution in [0.2, 0.25) is 0 Å². The molecule has 1 aromatic heterocycles. The minimum absolute atomic E-state index is 0.171. The molecular weight excluding hydrogens is 312 g/mol. The first kappa shape index (κ1) is 16.8. The average molecular weight is 334 g/mol. The van der Waals surface area contributed by atoms with Crippen LogP contribution in [0.1, 0.15) is 22.3 Å². The Bertz CT molecular complexity index is 827. The number of rotatable bonds is 6.